The van der Waals surface area contributed by atoms with Gasteiger partial charge in [-0.1, -0.05) is 13.0 Å². The van der Waals surface area contributed by atoms with E-state index in [1.165, 1.54) is 18.2 Å². The first kappa shape index (κ1) is 9.99. The standard InChI is InChI=1S/C9H9ClFNO/c1-5(9(10)13)7-3-2-6(12)4-8(7)11/h2-5H,12H2,1H3. The van der Waals surface area contributed by atoms with E-state index in [1.54, 1.807) is 6.92 Å². The summed E-state index contributed by atoms with van der Waals surface area (Å²) >= 11 is 5.24. The SMILES string of the molecule is CC(C(=O)Cl)c1ccc(N)cc1F. The Labute approximate surface area is 80.5 Å². The molecule has 0 bridgehead atoms. The van der Waals surface area contributed by atoms with Gasteiger partial charge in [0.25, 0.3) is 0 Å². The lowest BCUT2D eigenvalue weighted by Crippen LogP contribution is -2.04. The second-order valence-corrected chi connectivity index (χ2v) is 3.18. The quantitative estimate of drug-likeness (QED) is 0.589. The molecule has 2 N–H and O–H groups in total. The van der Waals surface area contributed by atoms with Gasteiger partial charge < -0.3 is 5.73 Å². The monoisotopic (exact) mass is 201 g/mol. The van der Waals surface area contributed by atoms with E-state index >= 15 is 0 Å². The van der Waals surface area contributed by atoms with Crippen LogP contribution < -0.4 is 5.73 Å². The molecule has 1 aromatic carbocycles. The van der Waals surface area contributed by atoms with Gasteiger partial charge in [-0.25, -0.2) is 4.39 Å². The fourth-order valence-corrected chi connectivity index (χ4v) is 1.13. The lowest BCUT2D eigenvalue weighted by Gasteiger charge is -2.07. The Morgan fingerprint density at radius 1 is 1.62 bits per heavy atom. The maximum absolute atomic E-state index is 13.2. The Kier molecular flexibility index (Phi) is 2.88. The molecule has 0 aliphatic heterocycles. The summed E-state index contributed by atoms with van der Waals surface area (Å²) in [6.45, 7) is 1.55. The smallest absolute Gasteiger partial charge is 0.228 e. The first-order valence-electron chi connectivity index (χ1n) is 3.76. The minimum absolute atomic E-state index is 0.272. The number of hydrogen-bond donors (Lipinski definition) is 1. The van der Waals surface area contributed by atoms with E-state index in [4.69, 9.17) is 17.3 Å². The number of benzene rings is 1. The van der Waals surface area contributed by atoms with Crippen molar-refractivity contribution in [3.8, 4) is 0 Å². The molecule has 0 amide bonds. The summed E-state index contributed by atoms with van der Waals surface area (Å²) in [6.07, 6.45) is 0. The van der Waals surface area contributed by atoms with Crippen molar-refractivity contribution >= 4 is 22.5 Å². The summed E-state index contributed by atoms with van der Waals surface area (Å²) in [5.41, 5.74) is 5.95. The van der Waals surface area contributed by atoms with Crippen molar-refractivity contribution in [3.05, 3.63) is 29.6 Å². The number of carbonyl (C=O) groups is 1. The van der Waals surface area contributed by atoms with E-state index in [-0.39, 0.29) is 5.56 Å². The number of anilines is 1. The van der Waals surface area contributed by atoms with Crippen LogP contribution in [0.1, 0.15) is 18.4 Å². The van der Waals surface area contributed by atoms with E-state index in [0.717, 1.165) is 0 Å². The molecule has 0 heterocycles. The Morgan fingerprint density at radius 2 is 2.23 bits per heavy atom. The van der Waals surface area contributed by atoms with E-state index in [2.05, 4.69) is 0 Å². The summed E-state index contributed by atoms with van der Waals surface area (Å²) < 4.78 is 13.2. The zero-order valence-electron chi connectivity index (χ0n) is 7.05. The van der Waals surface area contributed by atoms with Crippen LogP contribution in [0.5, 0.6) is 0 Å². The molecule has 0 radical (unpaired) electrons. The fourth-order valence-electron chi connectivity index (χ4n) is 1.02. The van der Waals surface area contributed by atoms with Crippen molar-refractivity contribution in [3.63, 3.8) is 0 Å². The third-order valence-electron chi connectivity index (χ3n) is 1.83. The molecule has 0 aliphatic carbocycles. The minimum Gasteiger partial charge on any atom is -0.399 e. The molecule has 1 atom stereocenters. The van der Waals surface area contributed by atoms with Gasteiger partial charge in [0.05, 0.1) is 5.92 Å². The van der Waals surface area contributed by atoms with Crippen LogP contribution in [0.25, 0.3) is 0 Å². The summed E-state index contributed by atoms with van der Waals surface area (Å²) in [5, 5.41) is -0.580. The van der Waals surface area contributed by atoms with Gasteiger partial charge in [-0.05, 0) is 29.3 Å². The van der Waals surface area contributed by atoms with Gasteiger partial charge in [-0.15, -0.1) is 0 Å². The fraction of sp³-hybridized carbons (Fsp3) is 0.222. The molecule has 1 unspecified atom stereocenters. The number of halogens is 2. The van der Waals surface area contributed by atoms with Gasteiger partial charge >= 0.3 is 0 Å². The average molecular weight is 202 g/mol. The average Bonchev–Trinajstić information content (AvgIpc) is 2.03. The summed E-state index contributed by atoms with van der Waals surface area (Å²) in [6, 6.07) is 4.18. The maximum Gasteiger partial charge on any atom is 0.228 e. The predicted molar refractivity (Wildman–Crippen MR) is 50.1 cm³/mol. The zero-order chi connectivity index (χ0) is 10.0. The molecule has 1 aromatic rings. The Hall–Kier alpha value is -1.09. The van der Waals surface area contributed by atoms with Crippen molar-refractivity contribution in [2.75, 3.05) is 5.73 Å². The molecule has 2 nitrogen and oxygen atoms in total. The van der Waals surface area contributed by atoms with Crippen LogP contribution in [0.15, 0.2) is 18.2 Å². The molecule has 70 valence electrons. The van der Waals surface area contributed by atoms with E-state index < -0.39 is 17.0 Å². The van der Waals surface area contributed by atoms with Gasteiger partial charge in [-0.3, -0.25) is 4.79 Å². The van der Waals surface area contributed by atoms with Crippen LogP contribution in [0.4, 0.5) is 10.1 Å². The van der Waals surface area contributed by atoms with E-state index in [1.807, 2.05) is 0 Å². The molecule has 0 saturated heterocycles. The minimum atomic E-state index is -0.637. The largest absolute Gasteiger partial charge is 0.399 e. The molecule has 0 aliphatic rings. The number of rotatable bonds is 2. The summed E-state index contributed by atoms with van der Waals surface area (Å²) in [5.74, 6) is -1.14. The van der Waals surface area contributed by atoms with Gasteiger partial charge in [0.2, 0.25) is 5.24 Å². The van der Waals surface area contributed by atoms with Gasteiger partial charge in [-0.2, -0.15) is 0 Å². The van der Waals surface area contributed by atoms with E-state index in [9.17, 15) is 9.18 Å². The Bertz CT molecular complexity index is 340. The molecule has 0 saturated carbocycles. The third kappa shape index (κ3) is 2.18. The predicted octanol–water partition coefficient (Wildman–Crippen LogP) is 2.28. The van der Waals surface area contributed by atoms with Crippen LogP contribution in [-0.2, 0) is 4.79 Å². The number of nitrogen functional groups attached to an aromatic ring is 1. The van der Waals surface area contributed by atoms with Crippen molar-refractivity contribution in [2.45, 2.75) is 12.8 Å². The van der Waals surface area contributed by atoms with Crippen molar-refractivity contribution in [1.29, 1.82) is 0 Å². The third-order valence-corrected chi connectivity index (χ3v) is 2.16. The van der Waals surface area contributed by atoms with Crippen molar-refractivity contribution < 1.29 is 9.18 Å². The molecule has 0 fully saturated rings. The number of carbonyl (C=O) groups excluding carboxylic acids is 1. The van der Waals surface area contributed by atoms with Crippen LogP contribution in [0.2, 0.25) is 0 Å². The van der Waals surface area contributed by atoms with Gasteiger partial charge in [0.15, 0.2) is 0 Å². The highest BCUT2D eigenvalue weighted by Gasteiger charge is 2.16. The first-order chi connectivity index (χ1) is 6.02. The molecule has 1 rings (SSSR count). The molecule has 13 heavy (non-hydrogen) atoms. The van der Waals surface area contributed by atoms with Crippen LogP contribution in [0, 0.1) is 5.82 Å². The molecule has 0 spiro atoms. The van der Waals surface area contributed by atoms with Crippen LogP contribution in [0.3, 0.4) is 0 Å². The number of nitrogens with two attached hydrogens (primary N) is 1. The van der Waals surface area contributed by atoms with Gasteiger partial charge in [0, 0.05) is 5.69 Å². The van der Waals surface area contributed by atoms with E-state index in [0.29, 0.717) is 5.69 Å². The normalized spacial score (nSPS) is 12.5. The van der Waals surface area contributed by atoms with Crippen molar-refractivity contribution in [2.24, 2.45) is 0 Å². The first-order valence-corrected chi connectivity index (χ1v) is 4.14. The lowest BCUT2D eigenvalue weighted by atomic mass is 10.0. The lowest BCUT2D eigenvalue weighted by molar-refractivity contribution is -0.112. The maximum atomic E-state index is 13.2. The molecular formula is C9H9ClFNO. The Morgan fingerprint density at radius 3 is 2.69 bits per heavy atom. The Balaban J connectivity index is 3.08. The molecule has 0 aromatic heterocycles. The zero-order valence-corrected chi connectivity index (χ0v) is 7.81. The number of hydrogen-bond acceptors (Lipinski definition) is 2. The van der Waals surface area contributed by atoms with Gasteiger partial charge in [0.1, 0.15) is 5.82 Å². The molecule has 4 heteroatoms. The summed E-state index contributed by atoms with van der Waals surface area (Å²) in [7, 11) is 0. The highest BCUT2D eigenvalue weighted by molar-refractivity contribution is 6.64. The second-order valence-electron chi connectivity index (χ2n) is 2.81. The topological polar surface area (TPSA) is 43.1 Å². The molecular weight excluding hydrogens is 193 g/mol. The highest BCUT2D eigenvalue weighted by Crippen LogP contribution is 2.22. The summed E-state index contributed by atoms with van der Waals surface area (Å²) in [4.78, 5) is 10.7. The van der Waals surface area contributed by atoms with Crippen molar-refractivity contribution in [1.82, 2.24) is 0 Å². The highest BCUT2D eigenvalue weighted by atomic mass is 35.5. The second kappa shape index (κ2) is 3.75. The van der Waals surface area contributed by atoms with Crippen LogP contribution >= 0.6 is 11.6 Å². The van der Waals surface area contributed by atoms with Crippen LogP contribution in [-0.4, -0.2) is 5.24 Å².